The highest BCUT2D eigenvalue weighted by molar-refractivity contribution is 6.31. The lowest BCUT2D eigenvalue weighted by atomic mass is 10.1. The van der Waals surface area contributed by atoms with Crippen LogP contribution >= 0.6 is 11.6 Å². The zero-order valence-corrected chi connectivity index (χ0v) is 14.1. The van der Waals surface area contributed by atoms with E-state index < -0.39 is 0 Å². The summed E-state index contributed by atoms with van der Waals surface area (Å²) in [6.45, 7) is 8.32. The summed E-state index contributed by atoms with van der Waals surface area (Å²) >= 11 is 6.11. The molecule has 2 heterocycles. The topological polar surface area (TPSA) is 45.4 Å². The Morgan fingerprint density at radius 3 is 2.65 bits per heavy atom. The molecule has 1 aromatic heterocycles. The first-order valence-electron chi connectivity index (χ1n) is 7.73. The van der Waals surface area contributed by atoms with Gasteiger partial charge in [-0.1, -0.05) is 22.8 Å². The zero-order valence-electron chi connectivity index (χ0n) is 13.3. The predicted octanol–water partition coefficient (Wildman–Crippen LogP) is 3.05. The van der Waals surface area contributed by atoms with Crippen molar-refractivity contribution < 1.29 is 8.91 Å². The van der Waals surface area contributed by atoms with Crippen molar-refractivity contribution in [3.8, 4) is 0 Å². The number of hydrogen-bond acceptors (Lipinski definition) is 5. The van der Waals surface area contributed by atoms with E-state index in [-0.39, 0.29) is 11.9 Å². The minimum atomic E-state index is -0.299. The summed E-state index contributed by atoms with van der Waals surface area (Å²) in [4.78, 5) is 8.96. The van der Waals surface area contributed by atoms with Crippen LogP contribution < -0.4 is 0 Å². The van der Waals surface area contributed by atoms with Crippen molar-refractivity contribution in [3.05, 3.63) is 46.3 Å². The SMILES string of the molecule is Cc1noc([C@H](C)N2CCN(Cc3ccc(F)cc3Cl)CC2)n1. The average Bonchev–Trinajstić information content (AvgIpc) is 2.97. The first-order chi connectivity index (χ1) is 11.0. The second-order valence-electron chi connectivity index (χ2n) is 5.90. The summed E-state index contributed by atoms with van der Waals surface area (Å²) in [5, 5.41) is 4.34. The predicted molar refractivity (Wildman–Crippen MR) is 85.7 cm³/mol. The molecule has 1 fully saturated rings. The fraction of sp³-hybridized carbons (Fsp3) is 0.500. The third-order valence-electron chi connectivity index (χ3n) is 4.26. The number of halogens is 2. The summed E-state index contributed by atoms with van der Waals surface area (Å²) < 4.78 is 18.4. The maximum atomic E-state index is 13.1. The smallest absolute Gasteiger partial charge is 0.243 e. The Morgan fingerprint density at radius 1 is 1.30 bits per heavy atom. The van der Waals surface area contributed by atoms with Crippen LogP contribution in [-0.2, 0) is 6.54 Å². The molecule has 2 aromatic rings. The number of benzene rings is 1. The molecule has 0 bridgehead atoms. The Morgan fingerprint density at radius 2 is 2.04 bits per heavy atom. The van der Waals surface area contributed by atoms with Crippen LogP contribution in [-0.4, -0.2) is 46.1 Å². The Hall–Kier alpha value is -1.50. The molecule has 0 radical (unpaired) electrons. The van der Waals surface area contributed by atoms with Crippen LogP contribution in [0.25, 0.3) is 0 Å². The van der Waals surface area contributed by atoms with Crippen molar-refractivity contribution in [2.45, 2.75) is 26.4 Å². The molecule has 0 saturated carbocycles. The van der Waals surface area contributed by atoms with Crippen LogP contribution in [0.2, 0.25) is 5.02 Å². The van der Waals surface area contributed by atoms with E-state index in [0.29, 0.717) is 16.7 Å². The van der Waals surface area contributed by atoms with Gasteiger partial charge in [-0.2, -0.15) is 4.98 Å². The quantitative estimate of drug-likeness (QED) is 0.857. The van der Waals surface area contributed by atoms with E-state index in [4.69, 9.17) is 16.1 Å². The van der Waals surface area contributed by atoms with Gasteiger partial charge in [-0.05, 0) is 31.5 Å². The molecular formula is C16H20ClFN4O. The van der Waals surface area contributed by atoms with Crippen LogP contribution in [0.1, 0.15) is 30.2 Å². The van der Waals surface area contributed by atoms with Gasteiger partial charge in [0.1, 0.15) is 5.82 Å². The largest absolute Gasteiger partial charge is 0.338 e. The highest BCUT2D eigenvalue weighted by Crippen LogP contribution is 2.23. The molecule has 1 aliphatic rings. The molecule has 0 amide bonds. The second kappa shape index (κ2) is 6.95. The molecule has 23 heavy (non-hydrogen) atoms. The van der Waals surface area contributed by atoms with Crippen LogP contribution in [0.5, 0.6) is 0 Å². The lowest BCUT2D eigenvalue weighted by Gasteiger charge is -2.36. The minimum absolute atomic E-state index is 0.118. The van der Waals surface area contributed by atoms with Crippen molar-refractivity contribution in [2.75, 3.05) is 26.2 Å². The van der Waals surface area contributed by atoms with Gasteiger partial charge in [0.25, 0.3) is 0 Å². The van der Waals surface area contributed by atoms with Crippen LogP contribution in [0.3, 0.4) is 0 Å². The van der Waals surface area contributed by atoms with E-state index in [1.807, 2.05) is 6.92 Å². The standard InChI is InChI=1S/C16H20ClFN4O/c1-11(16-19-12(2)20-23-16)22-7-5-21(6-8-22)10-13-3-4-14(18)9-15(13)17/h3-4,9,11H,5-8,10H2,1-2H3/t11-/m0/s1. The molecule has 1 saturated heterocycles. The lowest BCUT2D eigenvalue weighted by Crippen LogP contribution is -2.46. The van der Waals surface area contributed by atoms with Crippen molar-refractivity contribution in [3.63, 3.8) is 0 Å². The number of aromatic nitrogens is 2. The van der Waals surface area contributed by atoms with Crippen molar-refractivity contribution in [1.29, 1.82) is 0 Å². The minimum Gasteiger partial charge on any atom is -0.338 e. The summed E-state index contributed by atoms with van der Waals surface area (Å²) in [7, 11) is 0. The molecule has 0 unspecified atom stereocenters. The number of hydrogen-bond donors (Lipinski definition) is 0. The van der Waals surface area contributed by atoms with Gasteiger partial charge < -0.3 is 4.52 Å². The van der Waals surface area contributed by atoms with Gasteiger partial charge in [-0.25, -0.2) is 4.39 Å². The average molecular weight is 339 g/mol. The Balaban J connectivity index is 1.56. The molecular weight excluding hydrogens is 319 g/mol. The van der Waals surface area contributed by atoms with Crippen molar-refractivity contribution >= 4 is 11.6 Å². The molecule has 0 aliphatic carbocycles. The third-order valence-corrected chi connectivity index (χ3v) is 4.62. The first kappa shape index (κ1) is 16.4. The van der Waals surface area contributed by atoms with Gasteiger partial charge in [-0.15, -0.1) is 0 Å². The van der Waals surface area contributed by atoms with Gasteiger partial charge in [0.15, 0.2) is 5.82 Å². The van der Waals surface area contributed by atoms with E-state index in [1.165, 1.54) is 12.1 Å². The Bertz CT molecular complexity index is 670. The number of nitrogens with zero attached hydrogens (tertiary/aromatic N) is 4. The molecule has 124 valence electrons. The van der Waals surface area contributed by atoms with E-state index >= 15 is 0 Å². The summed E-state index contributed by atoms with van der Waals surface area (Å²) in [6.07, 6.45) is 0. The first-order valence-corrected chi connectivity index (χ1v) is 8.11. The van der Waals surface area contributed by atoms with E-state index in [9.17, 15) is 4.39 Å². The number of aryl methyl sites for hydroxylation is 1. The van der Waals surface area contributed by atoms with Gasteiger partial charge in [0.2, 0.25) is 5.89 Å². The molecule has 1 aromatic carbocycles. The third kappa shape index (κ3) is 3.88. The highest BCUT2D eigenvalue weighted by Gasteiger charge is 2.25. The maximum absolute atomic E-state index is 13.1. The van der Waals surface area contributed by atoms with Crippen LogP contribution in [0, 0.1) is 12.7 Å². The second-order valence-corrected chi connectivity index (χ2v) is 6.31. The molecule has 3 rings (SSSR count). The molecule has 0 N–H and O–H groups in total. The van der Waals surface area contributed by atoms with Crippen LogP contribution in [0.15, 0.2) is 22.7 Å². The normalized spacial score (nSPS) is 18.3. The summed E-state index contributed by atoms with van der Waals surface area (Å²) in [6, 6.07) is 4.70. The summed E-state index contributed by atoms with van der Waals surface area (Å²) in [5.74, 6) is 1.03. The fourth-order valence-electron chi connectivity index (χ4n) is 2.84. The molecule has 5 nitrogen and oxygen atoms in total. The molecule has 7 heteroatoms. The van der Waals surface area contributed by atoms with Gasteiger partial charge in [0.05, 0.1) is 6.04 Å². The van der Waals surface area contributed by atoms with Gasteiger partial charge >= 0.3 is 0 Å². The Kier molecular flexibility index (Phi) is 4.94. The number of rotatable bonds is 4. The van der Waals surface area contributed by atoms with Crippen molar-refractivity contribution in [1.82, 2.24) is 19.9 Å². The summed E-state index contributed by atoms with van der Waals surface area (Å²) in [5.41, 5.74) is 0.960. The van der Waals surface area contributed by atoms with E-state index in [0.717, 1.165) is 38.3 Å². The van der Waals surface area contributed by atoms with Gasteiger partial charge in [-0.3, -0.25) is 9.80 Å². The maximum Gasteiger partial charge on any atom is 0.243 e. The van der Waals surface area contributed by atoms with E-state index in [2.05, 4.69) is 26.9 Å². The number of piperazine rings is 1. The monoisotopic (exact) mass is 338 g/mol. The van der Waals surface area contributed by atoms with Gasteiger partial charge in [0, 0.05) is 37.7 Å². The fourth-order valence-corrected chi connectivity index (χ4v) is 3.07. The van der Waals surface area contributed by atoms with Crippen molar-refractivity contribution in [2.24, 2.45) is 0 Å². The van der Waals surface area contributed by atoms with E-state index in [1.54, 1.807) is 6.07 Å². The van der Waals surface area contributed by atoms with Crippen LogP contribution in [0.4, 0.5) is 4.39 Å². The molecule has 0 spiro atoms. The molecule has 1 aliphatic heterocycles. The lowest BCUT2D eigenvalue weighted by molar-refractivity contribution is 0.0845. The highest BCUT2D eigenvalue weighted by atomic mass is 35.5. The Labute approximate surface area is 140 Å². The molecule has 1 atom stereocenters. The zero-order chi connectivity index (χ0) is 16.4.